The van der Waals surface area contributed by atoms with Gasteiger partial charge in [-0.1, -0.05) is 84.4 Å². The second-order valence-electron chi connectivity index (χ2n) is 8.13. The lowest BCUT2D eigenvalue weighted by atomic mass is 10.00. The van der Waals surface area contributed by atoms with Gasteiger partial charge >= 0.3 is 0 Å². The summed E-state index contributed by atoms with van der Waals surface area (Å²) in [5.41, 5.74) is 5.77. The van der Waals surface area contributed by atoms with E-state index in [1.54, 1.807) is 0 Å². The number of hydrogen-bond acceptors (Lipinski definition) is 1. The smallest absolute Gasteiger partial charge is 0.146 e. The Morgan fingerprint density at radius 2 is 1.13 bits per heavy atom. The van der Waals surface area contributed by atoms with Crippen molar-refractivity contribution in [1.82, 2.24) is 9.38 Å². The van der Waals surface area contributed by atoms with Crippen molar-refractivity contribution in [2.24, 2.45) is 0 Å². The Kier molecular flexibility index (Phi) is 2.97. The van der Waals surface area contributed by atoms with Crippen LogP contribution in [0.4, 0.5) is 0 Å². The van der Waals surface area contributed by atoms with Crippen molar-refractivity contribution < 1.29 is 0 Å². The van der Waals surface area contributed by atoms with Gasteiger partial charge in [0.05, 0.1) is 16.6 Å². The van der Waals surface area contributed by atoms with Crippen LogP contribution in [0.15, 0.2) is 91.0 Å². The van der Waals surface area contributed by atoms with Gasteiger partial charge in [-0.05, 0) is 35.2 Å². The molecule has 2 nitrogen and oxygen atoms in total. The van der Waals surface area contributed by atoms with Crippen LogP contribution in [0.2, 0.25) is 0 Å². The molecule has 0 saturated heterocycles. The Morgan fingerprint density at radius 1 is 0.567 bits per heavy atom. The molecule has 0 fully saturated rings. The van der Waals surface area contributed by atoms with Crippen molar-refractivity contribution >= 4 is 59.9 Å². The van der Waals surface area contributed by atoms with Gasteiger partial charge in [0.1, 0.15) is 5.65 Å². The molecule has 7 aromatic rings. The summed E-state index contributed by atoms with van der Waals surface area (Å²) in [5.74, 6) is 0. The van der Waals surface area contributed by atoms with Gasteiger partial charge < -0.3 is 0 Å². The summed E-state index contributed by atoms with van der Waals surface area (Å²) in [6, 6.07) is 32.7. The number of benzene rings is 5. The number of aromatic nitrogens is 2. The molecule has 30 heavy (non-hydrogen) atoms. The average Bonchev–Trinajstić information content (AvgIpc) is 3.21. The lowest BCUT2D eigenvalue weighted by molar-refractivity contribution is 1.31. The van der Waals surface area contributed by atoms with E-state index in [1.165, 1.54) is 54.3 Å². The zero-order valence-electron chi connectivity index (χ0n) is 16.6. The Morgan fingerprint density at radius 3 is 1.87 bits per heavy atom. The molecule has 0 unspecified atom stereocenters. The molecule has 140 valence electrons. The topological polar surface area (TPSA) is 17.3 Å². The molecule has 0 atom stereocenters. The van der Waals surface area contributed by atoms with E-state index in [4.69, 9.17) is 4.98 Å². The number of imidazole rings is 1. The molecule has 0 amide bonds. The summed E-state index contributed by atoms with van der Waals surface area (Å²) in [6.07, 6.45) is 0. The van der Waals surface area contributed by atoms with Crippen molar-refractivity contribution in [1.29, 1.82) is 0 Å². The third-order valence-electron chi connectivity index (χ3n) is 6.38. The molecule has 2 heteroatoms. The number of pyridine rings is 1. The third-order valence-corrected chi connectivity index (χ3v) is 6.38. The lowest BCUT2D eigenvalue weighted by Crippen LogP contribution is -1.92. The van der Waals surface area contributed by atoms with Crippen LogP contribution >= 0.6 is 0 Å². The average molecular weight is 382 g/mol. The second kappa shape index (κ2) is 5.58. The highest BCUT2D eigenvalue weighted by atomic mass is 15.0. The van der Waals surface area contributed by atoms with E-state index in [2.05, 4.69) is 102 Å². The standard InChI is InChI=1S/C28H18N2/c1-17-14-15-25-24(16-17)20-10-4-7-13-23(20)28-29-26-21-11-5-2-8-18(21)19-9-3-6-12-22(19)27(26)30(25)28/h2-16H,1H3. The van der Waals surface area contributed by atoms with E-state index in [0.717, 1.165) is 11.2 Å². The van der Waals surface area contributed by atoms with E-state index in [9.17, 15) is 0 Å². The molecular formula is C28H18N2. The quantitative estimate of drug-likeness (QED) is 0.250. The molecule has 0 radical (unpaired) electrons. The summed E-state index contributed by atoms with van der Waals surface area (Å²) >= 11 is 0. The number of nitrogens with zero attached hydrogens (tertiary/aromatic N) is 2. The first-order valence-corrected chi connectivity index (χ1v) is 10.3. The summed E-state index contributed by atoms with van der Waals surface area (Å²) in [7, 11) is 0. The predicted octanol–water partition coefficient (Wildman–Crippen LogP) is 7.41. The Labute approximate surface area is 173 Å². The Hall–Kier alpha value is -3.91. The molecule has 0 saturated carbocycles. The maximum Gasteiger partial charge on any atom is 0.146 e. The van der Waals surface area contributed by atoms with E-state index in [0.29, 0.717) is 0 Å². The molecule has 7 rings (SSSR count). The van der Waals surface area contributed by atoms with Crippen LogP contribution in [0, 0.1) is 6.92 Å². The monoisotopic (exact) mass is 382 g/mol. The first-order chi connectivity index (χ1) is 14.8. The van der Waals surface area contributed by atoms with Crippen molar-refractivity contribution in [3.05, 3.63) is 96.6 Å². The van der Waals surface area contributed by atoms with E-state index >= 15 is 0 Å². The first kappa shape index (κ1) is 15.9. The van der Waals surface area contributed by atoms with Gasteiger partial charge in [-0.2, -0.15) is 0 Å². The fourth-order valence-electron chi connectivity index (χ4n) is 5.09. The van der Waals surface area contributed by atoms with Crippen LogP contribution < -0.4 is 0 Å². The van der Waals surface area contributed by atoms with Crippen LogP contribution in [0.3, 0.4) is 0 Å². The lowest BCUT2D eigenvalue weighted by Gasteiger charge is -2.11. The highest BCUT2D eigenvalue weighted by Crippen LogP contribution is 2.39. The largest absolute Gasteiger partial charge is 0.291 e. The van der Waals surface area contributed by atoms with Crippen molar-refractivity contribution in [2.45, 2.75) is 6.92 Å². The predicted molar refractivity (Wildman–Crippen MR) is 127 cm³/mol. The summed E-state index contributed by atoms with van der Waals surface area (Å²) in [4.78, 5) is 5.26. The van der Waals surface area contributed by atoms with E-state index in [-0.39, 0.29) is 0 Å². The molecular weight excluding hydrogens is 364 g/mol. The Bertz CT molecular complexity index is 1810. The van der Waals surface area contributed by atoms with Crippen molar-refractivity contribution in [3.8, 4) is 0 Å². The van der Waals surface area contributed by atoms with Crippen LogP contribution in [0.5, 0.6) is 0 Å². The maximum atomic E-state index is 5.26. The zero-order valence-corrected chi connectivity index (χ0v) is 16.6. The van der Waals surface area contributed by atoms with Gasteiger partial charge in [0, 0.05) is 21.5 Å². The molecule has 2 heterocycles. The van der Waals surface area contributed by atoms with E-state index < -0.39 is 0 Å². The maximum absolute atomic E-state index is 5.26. The van der Waals surface area contributed by atoms with Gasteiger partial charge in [0.25, 0.3) is 0 Å². The molecule has 0 aliphatic heterocycles. The third kappa shape index (κ3) is 1.91. The minimum absolute atomic E-state index is 1.03. The SMILES string of the molecule is Cc1ccc2c(c1)c1ccccc1c1nc3c4ccccc4c4ccccc4c3n21. The zero-order chi connectivity index (χ0) is 19.8. The normalized spacial score (nSPS) is 12.2. The summed E-state index contributed by atoms with van der Waals surface area (Å²) < 4.78 is 2.38. The second-order valence-corrected chi connectivity index (χ2v) is 8.13. The number of aryl methyl sites for hydroxylation is 1. The van der Waals surface area contributed by atoms with Gasteiger partial charge in [-0.15, -0.1) is 0 Å². The molecule has 0 aliphatic rings. The van der Waals surface area contributed by atoms with Gasteiger partial charge in [0.15, 0.2) is 0 Å². The van der Waals surface area contributed by atoms with Crippen molar-refractivity contribution in [2.75, 3.05) is 0 Å². The van der Waals surface area contributed by atoms with Crippen LogP contribution in [-0.4, -0.2) is 9.38 Å². The van der Waals surface area contributed by atoms with Gasteiger partial charge in [0.2, 0.25) is 0 Å². The van der Waals surface area contributed by atoms with Crippen LogP contribution in [0.1, 0.15) is 5.56 Å². The highest BCUT2D eigenvalue weighted by Gasteiger charge is 2.18. The minimum atomic E-state index is 1.03. The number of rotatable bonds is 0. The van der Waals surface area contributed by atoms with Crippen molar-refractivity contribution in [3.63, 3.8) is 0 Å². The fraction of sp³-hybridized carbons (Fsp3) is 0.0357. The molecule has 0 bridgehead atoms. The molecule has 5 aromatic carbocycles. The highest BCUT2D eigenvalue weighted by molar-refractivity contribution is 6.26. The summed E-state index contributed by atoms with van der Waals surface area (Å²) in [5, 5.41) is 8.71. The first-order valence-electron chi connectivity index (χ1n) is 10.3. The van der Waals surface area contributed by atoms with E-state index in [1.807, 2.05) is 0 Å². The molecule has 0 N–H and O–H groups in total. The van der Waals surface area contributed by atoms with Crippen LogP contribution in [0.25, 0.3) is 59.9 Å². The fourth-order valence-corrected chi connectivity index (χ4v) is 5.09. The van der Waals surface area contributed by atoms with Crippen LogP contribution in [-0.2, 0) is 0 Å². The molecule has 2 aromatic heterocycles. The minimum Gasteiger partial charge on any atom is -0.291 e. The summed E-state index contributed by atoms with van der Waals surface area (Å²) in [6.45, 7) is 2.16. The molecule has 0 aliphatic carbocycles. The number of fused-ring (bicyclic) bond motifs is 13. The number of hydrogen-bond donors (Lipinski definition) is 0. The Balaban J connectivity index is 1.92. The molecule has 0 spiro atoms. The van der Waals surface area contributed by atoms with Gasteiger partial charge in [-0.25, -0.2) is 4.98 Å². The van der Waals surface area contributed by atoms with Gasteiger partial charge in [-0.3, -0.25) is 4.40 Å².